The molecule has 0 amide bonds. The molecule has 0 saturated carbocycles. The van der Waals surface area contributed by atoms with E-state index in [1.54, 1.807) is 0 Å². The van der Waals surface area contributed by atoms with Crippen molar-refractivity contribution in [3.63, 3.8) is 0 Å². The minimum absolute atomic E-state index is 0. The van der Waals surface area contributed by atoms with Crippen molar-refractivity contribution in [1.82, 2.24) is 0 Å². The van der Waals surface area contributed by atoms with E-state index in [-0.39, 0.29) is 7.43 Å². The molecule has 0 bridgehead atoms. The SMILES string of the molecule is C.c1ccc2cccc(-c3cc4ccccc4c4ccccc34)c2c#1. The highest BCUT2D eigenvalue weighted by Gasteiger charge is 2.10. The van der Waals surface area contributed by atoms with Gasteiger partial charge in [-0.25, -0.2) is 0 Å². The van der Waals surface area contributed by atoms with Gasteiger partial charge in [0, 0.05) is 5.39 Å². The average Bonchev–Trinajstić information content (AvgIpc) is 2.67. The Labute approximate surface area is 148 Å². The second-order valence-corrected chi connectivity index (χ2v) is 6.06. The summed E-state index contributed by atoms with van der Waals surface area (Å²) in [4.78, 5) is 0. The van der Waals surface area contributed by atoms with Gasteiger partial charge in [-0.1, -0.05) is 86.3 Å². The largest absolute Gasteiger partial charge is 0.0776 e. The highest BCUT2D eigenvalue weighted by Crippen LogP contribution is 2.37. The van der Waals surface area contributed by atoms with E-state index >= 15 is 0 Å². The van der Waals surface area contributed by atoms with Crippen LogP contribution in [0.4, 0.5) is 0 Å². The smallest absolute Gasteiger partial charge is 0.0400 e. The molecule has 0 saturated heterocycles. The predicted molar refractivity (Wildman–Crippen MR) is 109 cm³/mol. The van der Waals surface area contributed by atoms with Crippen molar-refractivity contribution in [3.05, 3.63) is 97.1 Å². The van der Waals surface area contributed by atoms with Crippen molar-refractivity contribution in [3.8, 4) is 11.1 Å². The van der Waals surface area contributed by atoms with Crippen molar-refractivity contribution < 1.29 is 0 Å². The second-order valence-electron chi connectivity index (χ2n) is 6.06. The molecule has 0 aliphatic carbocycles. The van der Waals surface area contributed by atoms with E-state index in [4.69, 9.17) is 0 Å². The van der Waals surface area contributed by atoms with Gasteiger partial charge in [0.2, 0.25) is 0 Å². The lowest BCUT2D eigenvalue weighted by atomic mass is 9.91. The summed E-state index contributed by atoms with van der Waals surface area (Å²) in [5.41, 5.74) is 2.47. The summed E-state index contributed by atoms with van der Waals surface area (Å²) in [6.45, 7) is 0. The van der Waals surface area contributed by atoms with Crippen LogP contribution in [0.5, 0.6) is 0 Å². The zero-order chi connectivity index (χ0) is 15.9. The van der Waals surface area contributed by atoms with Crippen molar-refractivity contribution in [2.75, 3.05) is 0 Å². The molecule has 5 aromatic carbocycles. The molecule has 0 heteroatoms. The van der Waals surface area contributed by atoms with Gasteiger partial charge in [0.05, 0.1) is 0 Å². The van der Waals surface area contributed by atoms with Gasteiger partial charge >= 0.3 is 0 Å². The maximum absolute atomic E-state index is 3.31. The highest BCUT2D eigenvalue weighted by molar-refractivity contribution is 6.15. The lowest BCUT2D eigenvalue weighted by Gasteiger charge is -2.12. The van der Waals surface area contributed by atoms with Crippen LogP contribution in [0.1, 0.15) is 7.43 Å². The molecule has 0 nitrogen and oxygen atoms in total. The van der Waals surface area contributed by atoms with Crippen molar-refractivity contribution in [1.29, 1.82) is 0 Å². The zero-order valence-corrected chi connectivity index (χ0v) is 13.1. The third kappa shape index (κ3) is 2.33. The summed E-state index contributed by atoms with van der Waals surface area (Å²) in [6, 6.07) is 36.4. The van der Waals surface area contributed by atoms with Gasteiger partial charge in [0.25, 0.3) is 0 Å². The molecule has 0 atom stereocenters. The van der Waals surface area contributed by atoms with E-state index in [1.165, 1.54) is 38.1 Å². The Morgan fingerprint density at radius 2 is 1.28 bits per heavy atom. The van der Waals surface area contributed by atoms with Crippen LogP contribution in [0.25, 0.3) is 43.4 Å². The molecule has 0 N–H and O–H groups in total. The molecule has 0 aliphatic heterocycles. The van der Waals surface area contributed by atoms with E-state index in [0.717, 1.165) is 5.39 Å². The summed E-state index contributed by atoms with van der Waals surface area (Å²) in [7, 11) is 0. The van der Waals surface area contributed by atoms with Gasteiger partial charge in [-0.2, -0.15) is 0 Å². The summed E-state index contributed by atoms with van der Waals surface area (Å²) in [6.07, 6.45) is 0. The van der Waals surface area contributed by atoms with Crippen LogP contribution >= 0.6 is 0 Å². The fourth-order valence-corrected chi connectivity index (χ4v) is 3.60. The van der Waals surface area contributed by atoms with Crippen LogP contribution in [-0.4, -0.2) is 0 Å². The van der Waals surface area contributed by atoms with Crippen LogP contribution in [-0.2, 0) is 0 Å². The van der Waals surface area contributed by atoms with Crippen LogP contribution < -0.4 is 0 Å². The molecule has 0 aliphatic rings. The van der Waals surface area contributed by atoms with Crippen LogP contribution in [0.15, 0.2) is 84.9 Å². The Bertz CT molecular complexity index is 1190. The second kappa shape index (κ2) is 5.96. The van der Waals surface area contributed by atoms with E-state index in [2.05, 4.69) is 91.0 Å². The molecule has 0 heterocycles. The van der Waals surface area contributed by atoms with Gasteiger partial charge in [0.15, 0.2) is 0 Å². The van der Waals surface area contributed by atoms with E-state index in [1.807, 2.05) is 6.07 Å². The highest BCUT2D eigenvalue weighted by atomic mass is 14.1. The van der Waals surface area contributed by atoms with Crippen LogP contribution in [0.2, 0.25) is 0 Å². The maximum Gasteiger partial charge on any atom is 0.0400 e. The standard InChI is InChI=1S/C24H14.CH4/c1-3-11-19-17(8-1)10-7-15-22(19)24-16-18-9-2-4-12-20(18)21-13-5-6-14-23(21)24;/h1-2,4-10,12-16H;1H4. The Morgan fingerprint density at radius 3 is 2.16 bits per heavy atom. The molecule has 0 unspecified atom stereocenters. The molecule has 5 rings (SSSR count). The monoisotopic (exact) mass is 318 g/mol. The fourth-order valence-electron chi connectivity index (χ4n) is 3.60. The first-order chi connectivity index (χ1) is 11.9. The summed E-state index contributed by atoms with van der Waals surface area (Å²) in [5.74, 6) is 0. The minimum Gasteiger partial charge on any atom is -0.0776 e. The minimum atomic E-state index is 0. The van der Waals surface area contributed by atoms with Gasteiger partial charge in [0.1, 0.15) is 0 Å². The van der Waals surface area contributed by atoms with E-state index in [0.29, 0.717) is 0 Å². The van der Waals surface area contributed by atoms with Crippen molar-refractivity contribution in [2.24, 2.45) is 0 Å². The van der Waals surface area contributed by atoms with Crippen molar-refractivity contribution >= 4 is 32.3 Å². The van der Waals surface area contributed by atoms with Gasteiger partial charge in [-0.3, -0.25) is 0 Å². The number of hydrogen-bond donors (Lipinski definition) is 0. The molecular formula is C25H18. The Morgan fingerprint density at radius 1 is 0.560 bits per heavy atom. The third-order valence-corrected chi connectivity index (χ3v) is 4.70. The lowest BCUT2D eigenvalue weighted by molar-refractivity contribution is 1.71. The zero-order valence-electron chi connectivity index (χ0n) is 13.1. The molecule has 0 fully saturated rings. The topological polar surface area (TPSA) is 0 Å². The lowest BCUT2D eigenvalue weighted by Crippen LogP contribution is -1.85. The molecule has 0 radical (unpaired) electrons. The first-order valence-electron chi connectivity index (χ1n) is 8.14. The number of fused-ring (bicyclic) bond motifs is 4. The van der Waals surface area contributed by atoms with Gasteiger partial charge < -0.3 is 0 Å². The van der Waals surface area contributed by atoms with E-state index in [9.17, 15) is 0 Å². The first kappa shape index (κ1) is 15.2. The Hall–Kier alpha value is -3.30. The number of benzene rings is 4. The van der Waals surface area contributed by atoms with Crippen LogP contribution in [0, 0.1) is 12.1 Å². The fraction of sp³-hybridized carbons (Fsp3) is 0.0400. The Kier molecular flexibility index (Phi) is 3.64. The van der Waals surface area contributed by atoms with E-state index < -0.39 is 0 Å². The summed E-state index contributed by atoms with van der Waals surface area (Å²) in [5, 5.41) is 7.46. The van der Waals surface area contributed by atoms with Crippen LogP contribution in [0.3, 0.4) is 0 Å². The maximum atomic E-state index is 3.31. The molecule has 5 aromatic rings. The Balaban J connectivity index is 0.00000157. The van der Waals surface area contributed by atoms with Crippen molar-refractivity contribution in [2.45, 2.75) is 7.43 Å². The summed E-state index contributed by atoms with van der Waals surface area (Å²) >= 11 is 0. The van der Waals surface area contributed by atoms with Gasteiger partial charge in [-0.15, -0.1) is 0 Å². The molecule has 118 valence electrons. The predicted octanol–water partition coefficient (Wildman–Crippen LogP) is 7.05. The molecule has 0 aromatic heterocycles. The molecule has 0 spiro atoms. The van der Waals surface area contributed by atoms with Gasteiger partial charge in [-0.05, 0) is 56.3 Å². The average molecular weight is 318 g/mol. The molecule has 25 heavy (non-hydrogen) atoms. The molecular weight excluding hydrogens is 300 g/mol. The third-order valence-electron chi connectivity index (χ3n) is 4.70. The summed E-state index contributed by atoms with van der Waals surface area (Å²) < 4.78 is 0. The first-order valence-corrected chi connectivity index (χ1v) is 8.14. The number of hydrogen-bond acceptors (Lipinski definition) is 0. The number of rotatable bonds is 1. The quantitative estimate of drug-likeness (QED) is 0.290. The normalized spacial score (nSPS) is 10.6.